The van der Waals surface area contributed by atoms with Gasteiger partial charge in [-0.05, 0) is 26.2 Å². The number of carbonyl (C=O) groups is 1. The van der Waals surface area contributed by atoms with Gasteiger partial charge in [-0.15, -0.1) is 0 Å². The quantitative estimate of drug-likeness (QED) is 0.774. The van der Waals surface area contributed by atoms with Crippen molar-refractivity contribution in [2.75, 3.05) is 6.54 Å². The molecule has 0 aromatic heterocycles. The predicted molar refractivity (Wildman–Crippen MR) is 65.1 cm³/mol. The smallest absolute Gasteiger partial charge is 0.223 e. The van der Waals surface area contributed by atoms with Crippen LogP contribution in [0.15, 0.2) is 0 Å². The van der Waals surface area contributed by atoms with E-state index in [0.29, 0.717) is 13.0 Å². The van der Waals surface area contributed by atoms with E-state index in [1.807, 2.05) is 0 Å². The molecule has 3 heteroatoms. The van der Waals surface area contributed by atoms with Crippen LogP contribution in [0, 0.1) is 5.92 Å². The predicted octanol–water partition coefficient (Wildman–Crippen LogP) is 2.23. The SMILES string of the molecule is CC(O)CCNC(=O)C1CCCCCCC1. The molecule has 0 bridgehead atoms. The summed E-state index contributed by atoms with van der Waals surface area (Å²) in [4.78, 5) is 11.9. The highest BCUT2D eigenvalue weighted by Gasteiger charge is 2.18. The lowest BCUT2D eigenvalue weighted by Crippen LogP contribution is -2.32. The molecule has 0 aliphatic heterocycles. The number of aliphatic hydroxyl groups excluding tert-OH is 1. The zero-order chi connectivity index (χ0) is 11.8. The average Bonchev–Trinajstić information content (AvgIpc) is 2.15. The summed E-state index contributed by atoms with van der Waals surface area (Å²) in [5.41, 5.74) is 0. The number of aliphatic hydroxyl groups is 1. The van der Waals surface area contributed by atoms with Gasteiger partial charge in [0.15, 0.2) is 0 Å². The Bertz CT molecular complexity index is 196. The summed E-state index contributed by atoms with van der Waals surface area (Å²) in [7, 11) is 0. The fraction of sp³-hybridized carbons (Fsp3) is 0.923. The van der Waals surface area contributed by atoms with Gasteiger partial charge in [-0.2, -0.15) is 0 Å². The van der Waals surface area contributed by atoms with Crippen LogP contribution in [0.25, 0.3) is 0 Å². The molecule has 1 atom stereocenters. The molecule has 0 aromatic rings. The Balaban J connectivity index is 2.22. The first-order chi connectivity index (χ1) is 7.70. The maximum atomic E-state index is 11.9. The van der Waals surface area contributed by atoms with E-state index in [1.165, 1.54) is 32.1 Å². The molecule has 0 aromatic carbocycles. The van der Waals surface area contributed by atoms with Gasteiger partial charge in [-0.3, -0.25) is 4.79 Å². The van der Waals surface area contributed by atoms with Gasteiger partial charge in [0, 0.05) is 12.5 Å². The van der Waals surface area contributed by atoms with Crippen LogP contribution >= 0.6 is 0 Å². The highest BCUT2D eigenvalue weighted by Crippen LogP contribution is 2.22. The second kappa shape index (κ2) is 7.66. The summed E-state index contributed by atoms with van der Waals surface area (Å²) in [6.07, 6.45) is 8.67. The van der Waals surface area contributed by atoms with Crippen LogP contribution in [0.4, 0.5) is 0 Å². The molecule has 0 heterocycles. The summed E-state index contributed by atoms with van der Waals surface area (Å²) in [5.74, 6) is 0.414. The summed E-state index contributed by atoms with van der Waals surface area (Å²) < 4.78 is 0. The molecule has 1 unspecified atom stereocenters. The molecule has 1 aliphatic carbocycles. The fourth-order valence-electron chi connectivity index (χ4n) is 2.27. The van der Waals surface area contributed by atoms with Gasteiger partial charge < -0.3 is 10.4 Å². The first-order valence-corrected chi connectivity index (χ1v) is 6.66. The van der Waals surface area contributed by atoms with Crippen molar-refractivity contribution < 1.29 is 9.90 Å². The highest BCUT2D eigenvalue weighted by molar-refractivity contribution is 5.78. The molecule has 1 fully saturated rings. The second-order valence-corrected chi connectivity index (χ2v) is 4.97. The van der Waals surface area contributed by atoms with Crippen LogP contribution < -0.4 is 5.32 Å². The molecule has 2 N–H and O–H groups in total. The summed E-state index contributed by atoms with van der Waals surface area (Å²) in [5, 5.41) is 12.0. The number of rotatable bonds is 4. The van der Waals surface area contributed by atoms with E-state index in [4.69, 9.17) is 5.11 Å². The Kier molecular flexibility index (Phi) is 6.46. The van der Waals surface area contributed by atoms with Crippen LogP contribution in [0.3, 0.4) is 0 Å². The van der Waals surface area contributed by atoms with Crippen molar-refractivity contribution in [1.82, 2.24) is 5.32 Å². The minimum atomic E-state index is -0.322. The van der Waals surface area contributed by atoms with Crippen molar-refractivity contribution in [3.05, 3.63) is 0 Å². The minimum absolute atomic E-state index is 0.197. The van der Waals surface area contributed by atoms with E-state index in [0.717, 1.165) is 12.8 Å². The van der Waals surface area contributed by atoms with Crippen molar-refractivity contribution in [2.45, 2.75) is 64.4 Å². The van der Waals surface area contributed by atoms with Gasteiger partial charge in [0.1, 0.15) is 0 Å². The maximum absolute atomic E-state index is 11.9. The van der Waals surface area contributed by atoms with Crippen molar-refractivity contribution >= 4 is 5.91 Å². The average molecular weight is 227 g/mol. The molecule has 0 saturated heterocycles. The Hall–Kier alpha value is -0.570. The topological polar surface area (TPSA) is 49.3 Å². The number of amides is 1. The van der Waals surface area contributed by atoms with Crippen LogP contribution in [-0.2, 0) is 4.79 Å². The van der Waals surface area contributed by atoms with Crippen LogP contribution in [0.5, 0.6) is 0 Å². The van der Waals surface area contributed by atoms with Gasteiger partial charge >= 0.3 is 0 Å². The minimum Gasteiger partial charge on any atom is -0.393 e. The van der Waals surface area contributed by atoms with Gasteiger partial charge in [0.25, 0.3) is 0 Å². The van der Waals surface area contributed by atoms with Gasteiger partial charge in [-0.1, -0.05) is 32.1 Å². The summed E-state index contributed by atoms with van der Waals surface area (Å²) in [6, 6.07) is 0. The molecule has 3 nitrogen and oxygen atoms in total. The monoisotopic (exact) mass is 227 g/mol. The molecule has 1 aliphatic rings. The molecule has 1 amide bonds. The molecular formula is C13H25NO2. The highest BCUT2D eigenvalue weighted by atomic mass is 16.3. The summed E-state index contributed by atoms with van der Waals surface area (Å²) in [6.45, 7) is 2.36. The number of carbonyl (C=O) groups excluding carboxylic acids is 1. The Morgan fingerprint density at radius 3 is 2.38 bits per heavy atom. The Labute approximate surface area is 98.6 Å². The van der Waals surface area contributed by atoms with Crippen LogP contribution in [0.2, 0.25) is 0 Å². The van der Waals surface area contributed by atoms with Crippen molar-refractivity contribution in [1.29, 1.82) is 0 Å². The fourth-order valence-corrected chi connectivity index (χ4v) is 2.27. The van der Waals surface area contributed by atoms with E-state index in [-0.39, 0.29) is 17.9 Å². The lowest BCUT2D eigenvalue weighted by Gasteiger charge is -2.19. The third-order valence-electron chi connectivity index (χ3n) is 3.34. The van der Waals surface area contributed by atoms with Crippen molar-refractivity contribution in [3.63, 3.8) is 0 Å². The van der Waals surface area contributed by atoms with E-state index < -0.39 is 0 Å². The molecule has 0 spiro atoms. The second-order valence-electron chi connectivity index (χ2n) is 4.97. The maximum Gasteiger partial charge on any atom is 0.223 e. The standard InChI is InChI=1S/C13H25NO2/c1-11(15)9-10-14-13(16)12-7-5-3-2-4-6-8-12/h11-12,15H,2-10H2,1H3,(H,14,16). The van der Waals surface area contributed by atoms with E-state index in [2.05, 4.69) is 5.32 Å². The largest absolute Gasteiger partial charge is 0.393 e. The van der Waals surface area contributed by atoms with Crippen molar-refractivity contribution in [2.24, 2.45) is 5.92 Å². The molecule has 0 radical (unpaired) electrons. The van der Waals surface area contributed by atoms with E-state index >= 15 is 0 Å². The van der Waals surface area contributed by atoms with Crippen LogP contribution in [-0.4, -0.2) is 23.7 Å². The summed E-state index contributed by atoms with van der Waals surface area (Å²) >= 11 is 0. The zero-order valence-corrected chi connectivity index (χ0v) is 10.4. The van der Waals surface area contributed by atoms with E-state index in [1.54, 1.807) is 6.92 Å². The Morgan fingerprint density at radius 1 is 1.25 bits per heavy atom. The number of hydrogen-bond donors (Lipinski definition) is 2. The third kappa shape index (κ3) is 5.50. The number of nitrogens with one attached hydrogen (secondary N) is 1. The molecule has 1 rings (SSSR count). The normalized spacial score (nSPS) is 20.9. The van der Waals surface area contributed by atoms with Gasteiger partial charge in [0.05, 0.1) is 6.10 Å². The zero-order valence-electron chi connectivity index (χ0n) is 10.4. The third-order valence-corrected chi connectivity index (χ3v) is 3.34. The van der Waals surface area contributed by atoms with Crippen LogP contribution in [0.1, 0.15) is 58.3 Å². The number of hydrogen-bond acceptors (Lipinski definition) is 2. The Morgan fingerprint density at radius 2 is 1.81 bits per heavy atom. The lowest BCUT2D eigenvalue weighted by atomic mass is 9.90. The van der Waals surface area contributed by atoms with E-state index in [9.17, 15) is 4.79 Å². The first kappa shape index (κ1) is 13.5. The lowest BCUT2D eigenvalue weighted by molar-refractivity contribution is -0.125. The molecule has 16 heavy (non-hydrogen) atoms. The molecule has 94 valence electrons. The van der Waals surface area contributed by atoms with Gasteiger partial charge in [-0.25, -0.2) is 0 Å². The molecule has 1 saturated carbocycles. The van der Waals surface area contributed by atoms with Gasteiger partial charge in [0.2, 0.25) is 5.91 Å². The molecular weight excluding hydrogens is 202 g/mol. The van der Waals surface area contributed by atoms with Crippen molar-refractivity contribution in [3.8, 4) is 0 Å². The first-order valence-electron chi connectivity index (χ1n) is 6.66.